The van der Waals surface area contributed by atoms with Gasteiger partial charge in [0.1, 0.15) is 0 Å². The van der Waals surface area contributed by atoms with E-state index < -0.39 is 12.2 Å². The molecule has 1 aliphatic heterocycles. The van der Waals surface area contributed by atoms with Crippen LogP contribution in [0.3, 0.4) is 0 Å². The van der Waals surface area contributed by atoms with E-state index in [-0.39, 0.29) is 44.6 Å². The van der Waals surface area contributed by atoms with Crippen LogP contribution >= 0.6 is 0 Å². The Bertz CT molecular complexity index is 695. The number of amides is 4. The normalized spacial score (nSPS) is 11.3. The number of hydrogen-bond donors (Lipinski definition) is 5. The van der Waals surface area contributed by atoms with Gasteiger partial charge in [-0.15, -0.1) is 0 Å². The number of aliphatic hydroxyl groups is 1. The van der Waals surface area contributed by atoms with Crippen molar-refractivity contribution >= 4 is 30.5 Å². The lowest BCUT2D eigenvalue weighted by atomic mass is 10.2. The van der Waals surface area contributed by atoms with Crippen LogP contribution in [-0.2, 0) is 43.1 Å². The summed E-state index contributed by atoms with van der Waals surface area (Å²) in [5, 5.41) is 9.91. The number of nitrogens with one attached hydrogen (secondary N) is 3. The van der Waals surface area contributed by atoms with Gasteiger partial charge in [0.05, 0.1) is 39.6 Å². The van der Waals surface area contributed by atoms with Crippen molar-refractivity contribution in [2.45, 2.75) is 53.4 Å². The number of imide groups is 1. The van der Waals surface area contributed by atoms with Crippen LogP contribution in [0.15, 0.2) is 12.2 Å². The van der Waals surface area contributed by atoms with Gasteiger partial charge in [0.25, 0.3) is 11.8 Å². The van der Waals surface area contributed by atoms with Gasteiger partial charge in [-0.1, -0.05) is 32.3 Å². The van der Waals surface area contributed by atoms with Gasteiger partial charge < -0.3 is 35.1 Å². The van der Waals surface area contributed by atoms with E-state index in [1.54, 1.807) is 13.8 Å². The van der Waals surface area contributed by atoms with Crippen LogP contribution in [0.25, 0.3) is 0 Å². The molecule has 42 heavy (non-hydrogen) atoms. The summed E-state index contributed by atoms with van der Waals surface area (Å²) in [5.41, 5.74) is 9.03. The van der Waals surface area contributed by atoms with Gasteiger partial charge in [-0.05, 0) is 26.7 Å². The van der Waals surface area contributed by atoms with Gasteiger partial charge in [-0.3, -0.25) is 24.1 Å². The molecule has 0 aromatic rings. The lowest BCUT2D eigenvalue weighted by molar-refractivity contribution is -0.209. The molecule has 1 rings (SSSR count). The van der Waals surface area contributed by atoms with Gasteiger partial charge in [0.15, 0.2) is 0 Å². The number of rotatable bonds is 19. The summed E-state index contributed by atoms with van der Waals surface area (Å²) in [6.45, 7) is 11.0. The fourth-order valence-electron chi connectivity index (χ4n) is 2.35. The molecular weight excluding hydrogens is 562 g/mol. The lowest BCUT2D eigenvalue weighted by Gasteiger charge is -2.12. The number of primary amides is 1. The third kappa shape index (κ3) is 33.0. The minimum absolute atomic E-state index is 0.139. The van der Waals surface area contributed by atoms with Gasteiger partial charge in [-0.2, -0.15) is 10.4 Å². The highest BCUT2D eigenvalue weighted by molar-refractivity contribution is 6.12. The van der Waals surface area contributed by atoms with Crippen molar-refractivity contribution in [2.24, 2.45) is 5.73 Å². The second-order valence-electron chi connectivity index (χ2n) is 7.47. The number of ether oxygens (including phenoxy) is 4. The van der Waals surface area contributed by atoms with E-state index in [9.17, 15) is 19.2 Å². The van der Waals surface area contributed by atoms with Crippen molar-refractivity contribution in [2.75, 3.05) is 65.9 Å². The number of alkyl carbamates (subject to hydrolysis) is 1. The first kappa shape index (κ1) is 43.3. The van der Waals surface area contributed by atoms with Crippen LogP contribution in [0.5, 0.6) is 0 Å². The lowest BCUT2D eigenvalue weighted by Crippen LogP contribution is -2.30. The highest BCUT2D eigenvalue weighted by Crippen LogP contribution is 2.05. The Morgan fingerprint density at radius 1 is 0.929 bits per heavy atom. The zero-order valence-electron chi connectivity index (χ0n) is 25.1. The Hall–Kier alpha value is -3.19. The van der Waals surface area contributed by atoms with Crippen molar-refractivity contribution in [3.8, 4) is 0 Å². The second kappa shape index (κ2) is 35.8. The van der Waals surface area contributed by atoms with E-state index in [2.05, 4.69) is 38.6 Å². The Morgan fingerprint density at radius 2 is 1.50 bits per heavy atom. The van der Waals surface area contributed by atoms with Crippen LogP contribution < -0.4 is 22.2 Å². The van der Waals surface area contributed by atoms with Crippen LogP contribution in [0.1, 0.15) is 53.4 Å². The molecule has 6 N–H and O–H groups in total. The van der Waals surface area contributed by atoms with E-state index in [0.29, 0.717) is 39.5 Å². The highest BCUT2D eigenvalue weighted by Gasteiger charge is 2.21. The summed E-state index contributed by atoms with van der Waals surface area (Å²) >= 11 is 0. The maximum Gasteiger partial charge on any atom is 0.517 e. The molecule has 0 saturated heterocycles. The number of hydrogen-bond acceptors (Lipinski definition) is 14. The molecule has 0 aromatic heterocycles. The summed E-state index contributed by atoms with van der Waals surface area (Å²) in [6.07, 6.45) is 4.96. The molecule has 0 fully saturated rings. The quantitative estimate of drug-likeness (QED) is 0.0334. The van der Waals surface area contributed by atoms with Crippen molar-refractivity contribution in [3.05, 3.63) is 12.2 Å². The standard InChI is InChI=1S/C13H27N3O8.C9H13NO2.C2H6O.CH3NO/c1-3-7-22-16-24-15-6-9-20-11-10-19-8-5-14-12(17)23-13(18)21-4-2;1-2-3-4-7-10-8(11)5-6-9(10)12;1-2-3;2-1-3/h15-16H,3-11H2,1-2H3,(H,14,17);5-6H,2-4,7H2,1H3;3H,2H2,1H3;1H,(H2,2,3). The van der Waals surface area contributed by atoms with Crippen molar-refractivity contribution in [3.63, 3.8) is 0 Å². The number of hydroxylamine groups is 1. The number of unbranched alkanes of at least 4 members (excludes halogenated alkanes) is 2. The third-order valence-corrected chi connectivity index (χ3v) is 4.04. The number of nitrogens with zero attached hydrogens (tertiary/aromatic N) is 1. The van der Waals surface area contributed by atoms with Crippen LogP contribution in [-0.4, -0.2) is 106 Å². The zero-order valence-corrected chi connectivity index (χ0v) is 25.1. The second-order valence-corrected chi connectivity index (χ2v) is 7.47. The highest BCUT2D eigenvalue weighted by atomic mass is 17.0. The predicted octanol–water partition coefficient (Wildman–Crippen LogP) is 0.471. The first-order valence-electron chi connectivity index (χ1n) is 13.6. The average molecular weight is 612 g/mol. The van der Waals surface area contributed by atoms with E-state index in [1.807, 2.05) is 6.92 Å². The largest absolute Gasteiger partial charge is 0.517 e. The molecule has 246 valence electrons. The molecule has 17 heteroatoms. The summed E-state index contributed by atoms with van der Waals surface area (Å²) in [6, 6.07) is 0. The Balaban J connectivity index is -0.000000694. The maximum absolute atomic E-state index is 11.1. The van der Waals surface area contributed by atoms with E-state index in [1.165, 1.54) is 17.1 Å². The number of aliphatic hydroxyl groups excluding tert-OH is 1. The molecule has 0 bridgehead atoms. The minimum atomic E-state index is -1.03. The molecule has 0 atom stereocenters. The molecule has 0 aromatic carbocycles. The fourth-order valence-corrected chi connectivity index (χ4v) is 2.35. The molecule has 4 amide bonds. The van der Waals surface area contributed by atoms with Crippen LogP contribution in [0, 0.1) is 0 Å². The first-order chi connectivity index (χ1) is 20.3. The molecule has 0 saturated carbocycles. The molecule has 0 spiro atoms. The van der Waals surface area contributed by atoms with Gasteiger partial charge in [0.2, 0.25) is 6.41 Å². The SMILES string of the molecule is CCCCCN1C(=O)C=CC1=O.CCCONONCCOCCOCCNC(=O)OC(=O)OCC.CCO.NC=O. The summed E-state index contributed by atoms with van der Waals surface area (Å²) < 4.78 is 19.2. The first-order valence-corrected chi connectivity index (χ1v) is 13.6. The zero-order chi connectivity index (χ0) is 32.3. The van der Waals surface area contributed by atoms with E-state index in [0.717, 1.165) is 25.7 Å². The number of carbonyl (C=O) groups excluding carboxylic acids is 5. The van der Waals surface area contributed by atoms with E-state index in [4.69, 9.17) is 29.2 Å². The number of carbonyl (C=O) groups is 5. The van der Waals surface area contributed by atoms with Crippen molar-refractivity contribution in [1.29, 1.82) is 0 Å². The summed E-state index contributed by atoms with van der Waals surface area (Å²) in [5.74, 6) is -0.341. The van der Waals surface area contributed by atoms with Crippen molar-refractivity contribution in [1.82, 2.24) is 21.3 Å². The molecule has 1 heterocycles. The summed E-state index contributed by atoms with van der Waals surface area (Å²) in [4.78, 5) is 63.4. The molecule has 17 nitrogen and oxygen atoms in total. The topological polar surface area (TPSA) is 226 Å². The monoisotopic (exact) mass is 611 g/mol. The Kier molecular flexibility index (Phi) is 36.9. The average Bonchev–Trinajstić information content (AvgIpc) is 3.27. The molecule has 0 unspecified atom stereocenters. The van der Waals surface area contributed by atoms with Crippen molar-refractivity contribution < 1.29 is 57.8 Å². The third-order valence-electron chi connectivity index (χ3n) is 4.04. The molecule has 0 aliphatic carbocycles. The van der Waals surface area contributed by atoms with Gasteiger partial charge in [-0.25, -0.2) is 9.59 Å². The van der Waals surface area contributed by atoms with Gasteiger partial charge in [0, 0.05) is 38.4 Å². The number of nitrogens with two attached hydrogens (primary N) is 1. The molecule has 0 radical (unpaired) electrons. The van der Waals surface area contributed by atoms with Crippen LogP contribution in [0.4, 0.5) is 9.59 Å². The predicted molar refractivity (Wildman–Crippen MR) is 150 cm³/mol. The molecular formula is C25H49N5O12. The fraction of sp³-hybridized carbons (Fsp3) is 0.720. The maximum atomic E-state index is 11.1. The van der Waals surface area contributed by atoms with Crippen LogP contribution in [0.2, 0.25) is 0 Å². The van der Waals surface area contributed by atoms with Gasteiger partial charge >= 0.3 is 12.2 Å². The smallest absolute Gasteiger partial charge is 0.434 e. The Labute approximate surface area is 247 Å². The Morgan fingerprint density at radius 3 is 2.02 bits per heavy atom. The minimum Gasteiger partial charge on any atom is -0.434 e. The van der Waals surface area contributed by atoms with E-state index >= 15 is 0 Å². The summed E-state index contributed by atoms with van der Waals surface area (Å²) in [7, 11) is 0. The molecule has 1 aliphatic rings.